The fourth-order valence-corrected chi connectivity index (χ4v) is 3.84. The summed E-state index contributed by atoms with van der Waals surface area (Å²) < 4.78 is 0. The van der Waals surface area contributed by atoms with Crippen molar-refractivity contribution in [2.45, 2.75) is 32.2 Å². The first-order chi connectivity index (χ1) is 10.6. The second-order valence-corrected chi connectivity index (χ2v) is 6.55. The minimum Gasteiger partial charge on any atom is -0.354 e. The number of rotatable bonds is 3. The number of nitrogens with zero attached hydrogens (tertiary/aromatic N) is 4. The molecule has 3 heterocycles. The SMILES string of the molecule is CCC(=O)N1C[C@@H](N(C)c2ncnc3[nH]ccc23)C2(CC2)C1. The Morgan fingerprint density at radius 1 is 1.50 bits per heavy atom. The van der Waals surface area contributed by atoms with Crippen LogP contribution >= 0.6 is 0 Å². The highest BCUT2D eigenvalue weighted by Gasteiger charge is 2.57. The third-order valence-electron chi connectivity index (χ3n) is 5.29. The van der Waals surface area contributed by atoms with E-state index in [2.05, 4.69) is 26.9 Å². The van der Waals surface area contributed by atoms with Gasteiger partial charge >= 0.3 is 0 Å². The monoisotopic (exact) mass is 299 g/mol. The molecule has 1 aliphatic carbocycles. The minimum absolute atomic E-state index is 0.261. The van der Waals surface area contributed by atoms with Gasteiger partial charge in [-0.05, 0) is 18.9 Å². The lowest BCUT2D eigenvalue weighted by atomic mass is 9.99. The van der Waals surface area contributed by atoms with Crippen molar-refractivity contribution in [3.63, 3.8) is 0 Å². The summed E-state index contributed by atoms with van der Waals surface area (Å²) in [5, 5.41) is 1.04. The van der Waals surface area contributed by atoms with E-state index in [4.69, 9.17) is 0 Å². The second-order valence-electron chi connectivity index (χ2n) is 6.55. The highest BCUT2D eigenvalue weighted by molar-refractivity contribution is 5.87. The fourth-order valence-electron chi connectivity index (χ4n) is 3.84. The fraction of sp³-hybridized carbons (Fsp3) is 0.562. The van der Waals surface area contributed by atoms with Crippen LogP contribution in [0.1, 0.15) is 26.2 Å². The van der Waals surface area contributed by atoms with Gasteiger partial charge in [-0.1, -0.05) is 6.92 Å². The smallest absolute Gasteiger partial charge is 0.222 e. The van der Waals surface area contributed by atoms with Crippen LogP contribution in [0.15, 0.2) is 18.6 Å². The summed E-state index contributed by atoms with van der Waals surface area (Å²) in [5.41, 5.74) is 1.13. The van der Waals surface area contributed by atoms with Crippen LogP contribution < -0.4 is 4.90 Å². The molecule has 1 aliphatic heterocycles. The number of likely N-dealkylation sites (tertiary alicyclic amines) is 1. The first-order valence-corrected chi connectivity index (χ1v) is 7.93. The Hall–Kier alpha value is -2.11. The van der Waals surface area contributed by atoms with Crippen LogP contribution in [-0.4, -0.2) is 51.9 Å². The van der Waals surface area contributed by atoms with Gasteiger partial charge in [0.05, 0.1) is 11.4 Å². The first kappa shape index (κ1) is 13.5. The van der Waals surface area contributed by atoms with Crippen LogP contribution in [0, 0.1) is 5.41 Å². The summed E-state index contributed by atoms with van der Waals surface area (Å²) in [7, 11) is 2.10. The molecular formula is C16H21N5O. The van der Waals surface area contributed by atoms with Crippen molar-refractivity contribution in [1.82, 2.24) is 19.9 Å². The summed E-state index contributed by atoms with van der Waals surface area (Å²) in [6.07, 6.45) is 6.50. The van der Waals surface area contributed by atoms with Gasteiger partial charge in [0.2, 0.25) is 5.91 Å². The van der Waals surface area contributed by atoms with E-state index in [1.54, 1.807) is 6.33 Å². The molecule has 22 heavy (non-hydrogen) atoms. The summed E-state index contributed by atoms with van der Waals surface area (Å²) in [5.74, 6) is 1.21. The van der Waals surface area contributed by atoms with Gasteiger partial charge in [0.1, 0.15) is 17.8 Å². The Labute approximate surface area is 129 Å². The lowest BCUT2D eigenvalue weighted by Crippen LogP contribution is -2.40. The van der Waals surface area contributed by atoms with Gasteiger partial charge in [0.15, 0.2) is 0 Å². The predicted molar refractivity (Wildman–Crippen MR) is 84.6 cm³/mol. The van der Waals surface area contributed by atoms with Crippen molar-refractivity contribution < 1.29 is 4.79 Å². The number of anilines is 1. The maximum absolute atomic E-state index is 12.1. The van der Waals surface area contributed by atoms with Crippen molar-refractivity contribution in [3.05, 3.63) is 18.6 Å². The third kappa shape index (κ3) is 1.90. The average Bonchev–Trinajstić information content (AvgIpc) is 2.99. The Morgan fingerprint density at radius 3 is 3.05 bits per heavy atom. The molecule has 1 N–H and O–H groups in total. The van der Waals surface area contributed by atoms with Crippen LogP contribution in [-0.2, 0) is 4.79 Å². The highest BCUT2D eigenvalue weighted by Crippen LogP contribution is 2.55. The minimum atomic E-state index is 0.261. The van der Waals surface area contributed by atoms with E-state index in [0.717, 1.165) is 29.9 Å². The Bertz CT molecular complexity index is 720. The van der Waals surface area contributed by atoms with Gasteiger partial charge in [-0.3, -0.25) is 4.79 Å². The normalized spacial score (nSPS) is 22.5. The Morgan fingerprint density at radius 2 is 2.32 bits per heavy atom. The number of carbonyl (C=O) groups excluding carboxylic acids is 1. The van der Waals surface area contributed by atoms with Gasteiger partial charge in [0, 0.05) is 38.2 Å². The zero-order valence-corrected chi connectivity index (χ0v) is 13.0. The van der Waals surface area contributed by atoms with E-state index in [1.165, 1.54) is 12.8 Å². The Kier molecular flexibility index (Phi) is 2.89. The van der Waals surface area contributed by atoms with E-state index in [-0.39, 0.29) is 11.3 Å². The largest absolute Gasteiger partial charge is 0.354 e. The molecule has 4 rings (SSSR count). The quantitative estimate of drug-likeness (QED) is 0.938. The number of aromatic nitrogens is 3. The molecule has 0 aromatic carbocycles. The van der Waals surface area contributed by atoms with Crippen LogP contribution in [0.3, 0.4) is 0 Å². The van der Waals surface area contributed by atoms with Crippen molar-refractivity contribution >= 4 is 22.8 Å². The maximum Gasteiger partial charge on any atom is 0.222 e. The summed E-state index contributed by atoms with van der Waals surface area (Å²) in [4.78, 5) is 28.3. The summed E-state index contributed by atoms with van der Waals surface area (Å²) in [6, 6.07) is 2.36. The van der Waals surface area contributed by atoms with E-state index >= 15 is 0 Å². The highest BCUT2D eigenvalue weighted by atomic mass is 16.2. The number of H-pyrrole nitrogens is 1. The lowest BCUT2D eigenvalue weighted by Gasteiger charge is -2.30. The molecule has 116 valence electrons. The van der Waals surface area contributed by atoms with E-state index in [1.807, 2.05) is 24.1 Å². The lowest BCUT2D eigenvalue weighted by molar-refractivity contribution is -0.130. The van der Waals surface area contributed by atoms with Crippen molar-refractivity contribution in [2.24, 2.45) is 5.41 Å². The molecule has 6 nitrogen and oxygen atoms in total. The standard InChI is InChI=1S/C16H21N5O/c1-3-13(22)21-8-12(16(9-21)5-6-16)20(2)15-11-4-7-17-14(11)18-10-19-15/h4,7,10,12H,3,5-6,8-9H2,1-2H3,(H,17,18,19)/t12-/m1/s1. The average molecular weight is 299 g/mol. The van der Waals surface area contributed by atoms with Crippen molar-refractivity contribution in [3.8, 4) is 0 Å². The molecule has 1 atom stereocenters. The van der Waals surface area contributed by atoms with Gasteiger partial charge < -0.3 is 14.8 Å². The molecule has 2 aromatic heterocycles. The second kappa shape index (κ2) is 4.69. The number of amides is 1. The van der Waals surface area contributed by atoms with Gasteiger partial charge in [0.25, 0.3) is 0 Å². The molecule has 1 saturated heterocycles. The maximum atomic E-state index is 12.1. The van der Waals surface area contributed by atoms with Crippen LogP contribution in [0.25, 0.3) is 11.0 Å². The van der Waals surface area contributed by atoms with Crippen molar-refractivity contribution in [1.29, 1.82) is 0 Å². The van der Waals surface area contributed by atoms with Crippen LogP contribution in [0.2, 0.25) is 0 Å². The van der Waals surface area contributed by atoms with E-state index < -0.39 is 0 Å². The predicted octanol–water partition coefficient (Wildman–Crippen LogP) is 1.80. The first-order valence-electron chi connectivity index (χ1n) is 7.93. The molecule has 2 aromatic rings. The summed E-state index contributed by atoms with van der Waals surface area (Å²) in [6.45, 7) is 3.64. The number of hydrogen-bond acceptors (Lipinski definition) is 4. The molecule has 2 aliphatic rings. The number of hydrogen-bond donors (Lipinski definition) is 1. The van der Waals surface area contributed by atoms with Gasteiger partial charge in [-0.2, -0.15) is 0 Å². The molecule has 1 saturated carbocycles. The van der Waals surface area contributed by atoms with Crippen molar-refractivity contribution in [2.75, 3.05) is 25.0 Å². The molecule has 6 heteroatoms. The number of fused-ring (bicyclic) bond motifs is 1. The topological polar surface area (TPSA) is 65.1 Å². The van der Waals surface area contributed by atoms with Gasteiger partial charge in [-0.25, -0.2) is 9.97 Å². The van der Waals surface area contributed by atoms with Crippen LogP contribution in [0.5, 0.6) is 0 Å². The zero-order valence-electron chi connectivity index (χ0n) is 13.0. The molecule has 1 amide bonds. The number of carbonyl (C=O) groups is 1. The molecule has 1 spiro atoms. The summed E-state index contributed by atoms with van der Waals surface area (Å²) >= 11 is 0. The zero-order chi connectivity index (χ0) is 15.3. The number of aromatic amines is 1. The molecule has 2 fully saturated rings. The van der Waals surface area contributed by atoms with E-state index in [9.17, 15) is 4.79 Å². The third-order valence-corrected chi connectivity index (χ3v) is 5.29. The molecular weight excluding hydrogens is 278 g/mol. The van der Waals surface area contributed by atoms with Gasteiger partial charge in [-0.15, -0.1) is 0 Å². The van der Waals surface area contributed by atoms with E-state index in [0.29, 0.717) is 12.5 Å². The number of likely N-dealkylation sites (N-methyl/N-ethyl adjacent to an activating group) is 1. The number of nitrogens with one attached hydrogen (secondary N) is 1. The Balaban J connectivity index is 1.66. The molecule has 0 radical (unpaired) electrons. The molecule has 0 bridgehead atoms. The van der Waals surface area contributed by atoms with Crippen LogP contribution in [0.4, 0.5) is 5.82 Å². The molecule has 0 unspecified atom stereocenters.